The fourth-order valence-corrected chi connectivity index (χ4v) is 5.66. The maximum Gasteiger partial charge on any atom is 0.300 e. The molecule has 202 valence electrons. The summed E-state index contributed by atoms with van der Waals surface area (Å²) >= 11 is 0. The zero-order valence-corrected chi connectivity index (χ0v) is 23.0. The Morgan fingerprint density at radius 2 is 1.62 bits per heavy atom. The molecule has 1 N–H and O–H groups in total. The maximum atomic E-state index is 13.6. The molecule has 2 aliphatic rings. The van der Waals surface area contributed by atoms with Crippen molar-refractivity contribution in [2.45, 2.75) is 52.0 Å². The van der Waals surface area contributed by atoms with Gasteiger partial charge < -0.3 is 14.7 Å². The lowest BCUT2D eigenvalue weighted by atomic mass is 9.91. The number of piperidine rings is 1. The molecule has 5 rings (SSSR count). The second-order valence-corrected chi connectivity index (χ2v) is 10.6. The van der Waals surface area contributed by atoms with Crippen LogP contribution in [0.25, 0.3) is 5.76 Å². The van der Waals surface area contributed by atoms with Gasteiger partial charge in [-0.2, -0.15) is 0 Å². The number of carbonyl (C=O) groups excluding carboxylic acids is 2. The number of methoxy groups -OCH3 is 1. The third-order valence-electron chi connectivity index (χ3n) is 7.77. The molecular formula is C32H35N3O4. The smallest absolute Gasteiger partial charge is 0.300 e. The van der Waals surface area contributed by atoms with Crippen molar-refractivity contribution in [3.05, 3.63) is 88.8 Å². The second kappa shape index (κ2) is 10.9. The minimum absolute atomic E-state index is 0.0641. The van der Waals surface area contributed by atoms with Crippen LogP contribution in [0.5, 0.6) is 5.75 Å². The number of pyridine rings is 1. The summed E-state index contributed by atoms with van der Waals surface area (Å²) in [6, 6.07) is 14.3. The minimum Gasteiger partial charge on any atom is -0.507 e. The summed E-state index contributed by atoms with van der Waals surface area (Å²) in [4.78, 5) is 35.1. The molecule has 0 saturated carbocycles. The standard InChI is InChI=1S/C32H35N3O4/c1-20(2)25-19-26(21(3)18-27(25)39-4)30(36)28-29(22-12-14-33-15-13-22)35(32(38)31(28)37)24-10-8-23(9-11-24)34-16-6-5-7-17-34/h8-15,18-20,29,36H,5-7,16-17H2,1-4H3/b30-28+. The van der Waals surface area contributed by atoms with Crippen LogP contribution in [-0.4, -0.2) is 42.0 Å². The summed E-state index contributed by atoms with van der Waals surface area (Å²) in [6.07, 6.45) is 6.84. The van der Waals surface area contributed by atoms with Crippen LogP contribution in [0, 0.1) is 6.92 Å². The highest BCUT2D eigenvalue weighted by molar-refractivity contribution is 6.51. The molecule has 0 bridgehead atoms. The van der Waals surface area contributed by atoms with E-state index in [-0.39, 0.29) is 17.3 Å². The third kappa shape index (κ3) is 4.89. The third-order valence-corrected chi connectivity index (χ3v) is 7.77. The number of ketones is 1. The number of hydrogen-bond donors (Lipinski definition) is 1. The van der Waals surface area contributed by atoms with Crippen molar-refractivity contribution in [1.29, 1.82) is 0 Å². The molecule has 3 heterocycles. The summed E-state index contributed by atoms with van der Waals surface area (Å²) in [5, 5.41) is 11.7. The number of aromatic nitrogens is 1. The maximum absolute atomic E-state index is 13.6. The molecule has 7 nitrogen and oxygen atoms in total. The predicted molar refractivity (Wildman–Crippen MR) is 153 cm³/mol. The summed E-state index contributed by atoms with van der Waals surface area (Å²) in [7, 11) is 1.62. The Hall–Kier alpha value is -4.13. The Morgan fingerprint density at radius 1 is 0.974 bits per heavy atom. The molecule has 2 saturated heterocycles. The largest absolute Gasteiger partial charge is 0.507 e. The van der Waals surface area contributed by atoms with Crippen LogP contribution in [0.3, 0.4) is 0 Å². The van der Waals surface area contributed by atoms with Gasteiger partial charge in [-0.3, -0.25) is 19.5 Å². The summed E-state index contributed by atoms with van der Waals surface area (Å²) in [5.74, 6) is -0.720. The van der Waals surface area contributed by atoms with Crippen molar-refractivity contribution in [3.63, 3.8) is 0 Å². The first kappa shape index (κ1) is 26.5. The van der Waals surface area contributed by atoms with Gasteiger partial charge in [0.2, 0.25) is 0 Å². The Balaban J connectivity index is 1.63. The van der Waals surface area contributed by atoms with Crippen LogP contribution in [0.2, 0.25) is 0 Å². The highest BCUT2D eigenvalue weighted by Crippen LogP contribution is 2.43. The lowest BCUT2D eigenvalue weighted by Crippen LogP contribution is -2.30. The molecule has 1 unspecified atom stereocenters. The lowest BCUT2D eigenvalue weighted by molar-refractivity contribution is -0.132. The number of benzene rings is 2. The van der Waals surface area contributed by atoms with Crippen LogP contribution in [-0.2, 0) is 9.59 Å². The van der Waals surface area contributed by atoms with Crippen molar-refractivity contribution in [2.24, 2.45) is 0 Å². The average molecular weight is 526 g/mol. The molecule has 1 amide bonds. The fourth-order valence-electron chi connectivity index (χ4n) is 5.66. The number of carbonyl (C=O) groups is 2. The quantitative estimate of drug-likeness (QED) is 0.237. The van der Waals surface area contributed by atoms with Crippen molar-refractivity contribution in [1.82, 2.24) is 4.98 Å². The number of nitrogens with zero attached hydrogens (tertiary/aromatic N) is 3. The van der Waals surface area contributed by atoms with E-state index in [4.69, 9.17) is 4.74 Å². The highest BCUT2D eigenvalue weighted by atomic mass is 16.5. The first-order chi connectivity index (χ1) is 18.8. The van der Waals surface area contributed by atoms with Crippen molar-refractivity contribution < 1.29 is 19.4 Å². The number of aliphatic hydroxyl groups is 1. The number of anilines is 2. The lowest BCUT2D eigenvalue weighted by Gasteiger charge is -2.30. The minimum atomic E-state index is -0.794. The summed E-state index contributed by atoms with van der Waals surface area (Å²) < 4.78 is 5.57. The van der Waals surface area contributed by atoms with Gasteiger partial charge in [-0.25, -0.2) is 0 Å². The Labute approximate surface area is 229 Å². The zero-order chi connectivity index (χ0) is 27.7. The van der Waals surface area contributed by atoms with Crippen LogP contribution < -0.4 is 14.5 Å². The van der Waals surface area contributed by atoms with Gasteiger partial charge >= 0.3 is 0 Å². The molecular weight excluding hydrogens is 490 g/mol. The number of ether oxygens (including phenoxy) is 1. The van der Waals surface area contributed by atoms with Crippen molar-refractivity contribution >= 4 is 28.8 Å². The number of hydrogen-bond acceptors (Lipinski definition) is 6. The van der Waals surface area contributed by atoms with E-state index in [1.165, 1.54) is 24.2 Å². The van der Waals surface area contributed by atoms with Gasteiger partial charge in [0.15, 0.2) is 0 Å². The van der Waals surface area contributed by atoms with E-state index in [1.54, 1.807) is 31.6 Å². The first-order valence-corrected chi connectivity index (χ1v) is 13.6. The molecule has 2 aromatic carbocycles. The first-order valence-electron chi connectivity index (χ1n) is 13.6. The number of Topliss-reactive ketones (excluding diaryl/α,β-unsaturated/α-hetero) is 1. The molecule has 0 aliphatic carbocycles. The van der Waals surface area contributed by atoms with Gasteiger partial charge in [0.05, 0.1) is 18.7 Å². The Bertz CT molecular complexity index is 1410. The van der Waals surface area contributed by atoms with E-state index >= 15 is 0 Å². The molecule has 0 spiro atoms. The molecule has 2 aliphatic heterocycles. The fraction of sp³-hybridized carbons (Fsp3) is 0.344. The van der Waals surface area contributed by atoms with Crippen LogP contribution in [0.1, 0.15) is 67.3 Å². The van der Waals surface area contributed by atoms with E-state index < -0.39 is 17.7 Å². The Kier molecular flexibility index (Phi) is 7.42. The van der Waals surface area contributed by atoms with Crippen LogP contribution in [0.4, 0.5) is 11.4 Å². The molecule has 1 aromatic heterocycles. The normalized spacial score (nSPS) is 19.2. The van der Waals surface area contributed by atoms with Gasteiger partial charge in [-0.1, -0.05) is 13.8 Å². The number of amides is 1. The molecule has 1 atom stereocenters. The van der Waals surface area contributed by atoms with Crippen molar-refractivity contribution in [3.8, 4) is 5.75 Å². The van der Waals surface area contributed by atoms with E-state index in [9.17, 15) is 14.7 Å². The molecule has 2 fully saturated rings. The second-order valence-electron chi connectivity index (χ2n) is 10.6. The summed E-state index contributed by atoms with van der Waals surface area (Å²) in [5.41, 5.74) is 4.64. The number of aliphatic hydroxyl groups excluding tert-OH is 1. The number of rotatable bonds is 6. The van der Waals surface area contributed by atoms with E-state index in [0.717, 1.165) is 35.7 Å². The van der Waals surface area contributed by atoms with Gasteiger partial charge in [-0.05, 0) is 97.3 Å². The van der Waals surface area contributed by atoms with Crippen LogP contribution >= 0.6 is 0 Å². The van der Waals surface area contributed by atoms with Crippen molar-refractivity contribution in [2.75, 3.05) is 30.0 Å². The van der Waals surface area contributed by atoms with Crippen LogP contribution in [0.15, 0.2) is 66.5 Å². The molecule has 3 aromatic rings. The Morgan fingerprint density at radius 3 is 2.23 bits per heavy atom. The average Bonchev–Trinajstić information content (AvgIpc) is 3.23. The van der Waals surface area contributed by atoms with Gasteiger partial charge in [0, 0.05) is 42.4 Å². The van der Waals surface area contributed by atoms with E-state index in [1.807, 2.05) is 57.2 Å². The SMILES string of the molecule is COc1cc(C)c(/C(O)=C2\C(=O)C(=O)N(c3ccc(N4CCCCC4)cc3)C2c2ccncc2)cc1C(C)C. The van der Waals surface area contributed by atoms with Gasteiger partial charge in [0.1, 0.15) is 11.5 Å². The molecule has 39 heavy (non-hydrogen) atoms. The summed E-state index contributed by atoms with van der Waals surface area (Å²) in [6.45, 7) is 7.97. The molecule has 7 heteroatoms. The highest BCUT2D eigenvalue weighted by Gasteiger charge is 2.47. The topological polar surface area (TPSA) is 83.0 Å². The van der Waals surface area contributed by atoms with Gasteiger partial charge in [-0.15, -0.1) is 0 Å². The number of aryl methyl sites for hydroxylation is 1. The van der Waals surface area contributed by atoms with E-state index in [0.29, 0.717) is 16.8 Å². The monoisotopic (exact) mass is 525 g/mol. The molecule has 0 radical (unpaired) electrons. The van der Waals surface area contributed by atoms with Gasteiger partial charge in [0.25, 0.3) is 11.7 Å². The predicted octanol–water partition coefficient (Wildman–Crippen LogP) is 6.14. The zero-order valence-electron chi connectivity index (χ0n) is 23.0. The van der Waals surface area contributed by atoms with E-state index in [2.05, 4.69) is 9.88 Å².